The van der Waals surface area contributed by atoms with Gasteiger partial charge >= 0.3 is 0 Å². The van der Waals surface area contributed by atoms with Crippen LogP contribution in [0.3, 0.4) is 0 Å². The van der Waals surface area contributed by atoms with Crippen LogP contribution in [0.5, 0.6) is 5.75 Å². The molecule has 0 bridgehead atoms. The van der Waals surface area contributed by atoms with E-state index in [4.69, 9.17) is 9.15 Å². The predicted molar refractivity (Wildman–Crippen MR) is 120 cm³/mol. The molecule has 1 N–H and O–H groups in total. The highest BCUT2D eigenvalue weighted by Gasteiger charge is 2.31. The molecule has 3 heterocycles. The van der Waals surface area contributed by atoms with Gasteiger partial charge in [-0.1, -0.05) is 42.5 Å². The van der Waals surface area contributed by atoms with Crippen LogP contribution >= 0.6 is 11.3 Å². The Morgan fingerprint density at radius 2 is 1.73 bits per heavy atom. The van der Waals surface area contributed by atoms with Gasteiger partial charge in [-0.2, -0.15) is 0 Å². The van der Waals surface area contributed by atoms with Crippen LogP contribution in [0.1, 0.15) is 38.1 Å². The van der Waals surface area contributed by atoms with Crippen molar-refractivity contribution >= 4 is 21.4 Å². The summed E-state index contributed by atoms with van der Waals surface area (Å²) in [7, 11) is 0. The lowest BCUT2D eigenvalue weighted by molar-refractivity contribution is 0.165. The van der Waals surface area contributed by atoms with Crippen LogP contribution in [0.4, 0.5) is 0 Å². The van der Waals surface area contributed by atoms with E-state index in [9.17, 15) is 0 Å². The van der Waals surface area contributed by atoms with Gasteiger partial charge in [0.2, 0.25) is 5.89 Å². The second kappa shape index (κ2) is 7.85. The van der Waals surface area contributed by atoms with Crippen molar-refractivity contribution in [3.8, 4) is 16.5 Å². The summed E-state index contributed by atoms with van der Waals surface area (Å²) in [5.41, 5.74) is 0.766. The van der Waals surface area contributed by atoms with Crippen molar-refractivity contribution in [3.63, 3.8) is 0 Å². The molecule has 0 atom stereocenters. The quantitative estimate of drug-likeness (QED) is 0.469. The smallest absolute Gasteiger partial charge is 0.261 e. The second-order valence-electron chi connectivity index (χ2n) is 8.23. The fourth-order valence-corrected chi connectivity index (χ4v) is 4.96. The van der Waals surface area contributed by atoms with E-state index in [1.807, 2.05) is 24.3 Å². The molecule has 4 aromatic rings. The van der Waals surface area contributed by atoms with Gasteiger partial charge < -0.3 is 14.5 Å². The van der Waals surface area contributed by atoms with Crippen molar-refractivity contribution in [1.29, 1.82) is 0 Å². The second-order valence-corrected chi connectivity index (χ2v) is 9.28. The van der Waals surface area contributed by atoms with Gasteiger partial charge in [0, 0.05) is 10.1 Å². The molecular weight excluding hydrogens is 394 g/mol. The van der Waals surface area contributed by atoms with Crippen LogP contribution in [-0.4, -0.2) is 29.4 Å². The molecule has 1 aliphatic rings. The fourth-order valence-electron chi connectivity index (χ4n) is 3.91. The first kappa shape index (κ1) is 19.3. The molecular formula is C24H25N3O2S. The Hall–Kier alpha value is -2.70. The maximum Gasteiger partial charge on any atom is 0.261 e. The molecule has 2 aromatic carbocycles. The maximum absolute atomic E-state index is 6.52. The molecule has 1 fully saturated rings. The van der Waals surface area contributed by atoms with Crippen LogP contribution in [0, 0.1) is 0 Å². The van der Waals surface area contributed by atoms with Gasteiger partial charge in [-0.05, 0) is 57.5 Å². The van der Waals surface area contributed by atoms with Gasteiger partial charge in [-0.15, -0.1) is 21.5 Å². The van der Waals surface area contributed by atoms with Gasteiger partial charge in [0.1, 0.15) is 11.0 Å². The number of piperidine rings is 1. The average Bonchev–Trinajstić information content (AvgIpc) is 3.41. The topological polar surface area (TPSA) is 60.2 Å². The van der Waals surface area contributed by atoms with Crippen LogP contribution in [-0.2, 0) is 5.41 Å². The lowest BCUT2D eigenvalue weighted by atomic mass is 9.85. The molecule has 1 saturated heterocycles. The number of thiophene rings is 1. The third-order valence-corrected chi connectivity index (χ3v) is 6.91. The van der Waals surface area contributed by atoms with Crippen LogP contribution in [0.15, 0.2) is 59.0 Å². The van der Waals surface area contributed by atoms with Gasteiger partial charge in [0.05, 0.1) is 5.41 Å². The summed E-state index contributed by atoms with van der Waals surface area (Å²) in [6.45, 7) is 6.18. The van der Waals surface area contributed by atoms with Crippen molar-refractivity contribution in [1.82, 2.24) is 15.5 Å². The highest BCUT2D eigenvalue weighted by molar-refractivity contribution is 7.22. The molecule has 0 saturated carbocycles. The Morgan fingerprint density at radius 3 is 2.53 bits per heavy atom. The third-order valence-electron chi connectivity index (χ3n) is 5.77. The first-order valence-corrected chi connectivity index (χ1v) is 11.2. The van der Waals surface area contributed by atoms with Crippen molar-refractivity contribution in [2.75, 3.05) is 13.1 Å². The Balaban J connectivity index is 1.54. The zero-order chi connectivity index (χ0) is 20.6. The number of hydrogen-bond acceptors (Lipinski definition) is 6. The molecule has 5 rings (SSSR count). The highest BCUT2D eigenvalue weighted by atomic mass is 32.1. The van der Waals surface area contributed by atoms with E-state index in [0.29, 0.717) is 11.8 Å². The first-order chi connectivity index (χ1) is 14.6. The zero-order valence-corrected chi connectivity index (χ0v) is 18.0. The molecule has 0 radical (unpaired) electrons. The molecule has 0 unspecified atom stereocenters. The van der Waals surface area contributed by atoms with Crippen molar-refractivity contribution in [2.24, 2.45) is 0 Å². The summed E-state index contributed by atoms with van der Waals surface area (Å²) in [4.78, 5) is 0.914. The van der Waals surface area contributed by atoms with Gasteiger partial charge in [-0.25, -0.2) is 0 Å². The minimum absolute atomic E-state index is 0.200. The normalized spacial score (nSPS) is 15.5. The molecule has 5 nitrogen and oxygen atoms in total. The van der Waals surface area contributed by atoms with Crippen LogP contribution in [0.2, 0.25) is 0 Å². The number of ether oxygens (including phenoxy) is 1. The molecule has 154 valence electrons. The lowest BCUT2D eigenvalue weighted by Crippen LogP contribution is -2.34. The molecule has 0 aliphatic carbocycles. The Kier molecular flexibility index (Phi) is 5.05. The van der Waals surface area contributed by atoms with E-state index in [0.717, 1.165) is 47.5 Å². The molecule has 1 aliphatic heterocycles. The summed E-state index contributed by atoms with van der Waals surface area (Å²) >= 11 is 1.65. The minimum Gasteiger partial charge on any atom is -0.488 e. The minimum atomic E-state index is -0.376. The number of nitrogens with zero attached hydrogens (tertiary/aromatic N) is 2. The van der Waals surface area contributed by atoms with Gasteiger partial charge in [-0.3, -0.25) is 0 Å². The molecule has 6 heteroatoms. The Bertz CT molecular complexity index is 1140. The number of hydrogen-bond donors (Lipinski definition) is 1. The average molecular weight is 420 g/mol. The van der Waals surface area contributed by atoms with Crippen molar-refractivity contribution in [3.05, 3.63) is 66.1 Å². The van der Waals surface area contributed by atoms with E-state index in [1.54, 1.807) is 11.3 Å². The third kappa shape index (κ3) is 3.50. The Morgan fingerprint density at radius 1 is 1.00 bits per heavy atom. The first-order valence-electron chi connectivity index (χ1n) is 10.4. The number of benzene rings is 2. The van der Waals surface area contributed by atoms with E-state index in [2.05, 4.69) is 59.7 Å². The van der Waals surface area contributed by atoms with Gasteiger partial charge in [0.25, 0.3) is 5.89 Å². The molecule has 0 spiro atoms. The van der Waals surface area contributed by atoms with Crippen molar-refractivity contribution in [2.45, 2.75) is 38.2 Å². The summed E-state index contributed by atoms with van der Waals surface area (Å²) < 4.78 is 13.9. The molecule has 2 aromatic heterocycles. The number of rotatable bonds is 5. The monoisotopic (exact) mass is 419 g/mol. The lowest BCUT2D eigenvalue weighted by Gasteiger charge is -2.24. The van der Waals surface area contributed by atoms with Gasteiger partial charge in [0.15, 0.2) is 5.75 Å². The standard InChI is InChI=1S/C24H25N3O2S/c1-24(2,16-8-4-3-5-9-16)23-27-26-22(29-23)21-20(28-17-12-14-25-15-13-17)18-10-6-7-11-19(18)30-21/h3-11,17,25H,12-15H2,1-2H3. The maximum atomic E-state index is 6.52. The Labute approximate surface area is 180 Å². The van der Waals surface area contributed by atoms with E-state index in [1.165, 1.54) is 4.70 Å². The van der Waals surface area contributed by atoms with E-state index in [-0.39, 0.29) is 11.5 Å². The molecule has 0 amide bonds. The van der Waals surface area contributed by atoms with E-state index >= 15 is 0 Å². The summed E-state index contributed by atoms with van der Waals surface area (Å²) in [6, 6.07) is 18.6. The zero-order valence-electron chi connectivity index (χ0n) is 17.2. The predicted octanol–water partition coefficient (Wildman–Crippen LogP) is 5.41. The van der Waals surface area contributed by atoms with E-state index < -0.39 is 0 Å². The number of fused-ring (bicyclic) bond motifs is 1. The largest absolute Gasteiger partial charge is 0.488 e. The fraction of sp³-hybridized carbons (Fsp3) is 0.333. The highest BCUT2D eigenvalue weighted by Crippen LogP contribution is 2.45. The summed E-state index contributed by atoms with van der Waals surface area (Å²) in [5.74, 6) is 2.00. The van der Waals surface area contributed by atoms with Crippen LogP contribution in [0.25, 0.3) is 20.9 Å². The summed E-state index contributed by atoms with van der Waals surface area (Å²) in [6.07, 6.45) is 2.20. The SMILES string of the molecule is CC(C)(c1ccccc1)c1nnc(-c2sc3ccccc3c2OC2CCNCC2)o1. The van der Waals surface area contributed by atoms with Crippen molar-refractivity contribution < 1.29 is 9.15 Å². The molecule has 30 heavy (non-hydrogen) atoms. The van der Waals surface area contributed by atoms with Crippen LogP contribution < -0.4 is 10.1 Å². The summed E-state index contributed by atoms with van der Waals surface area (Å²) in [5, 5.41) is 13.4. The number of aromatic nitrogens is 2. The number of nitrogens with one attached hydrogen (secondary N) is 1.